The fraction of sp³-hybridized carbons (Fsp3) is 1.00. The van der Waals surface area contributed by atoms with Gasteiger partial charge in [-0.15, -0.1) is 0 Å². The second kappa shape index (κ2) is 9.80. The molecule has 0 amide bonds. The summed E-state index contributed by atoms with van der Waals surface area (Å²) in [6.45, 7) is 0. The smallest absolute Gasteiger partial charge is 0.323 e. The van der Waals surface area contributed by atoms with Crippen LogP contribution in [0.5, 0.6) is 0 Å². The van der Waals surface area contributed by atoms with Crippen molar-refractivity contribution in [3.63, 3.8) is 0 Å². The van der Waals surface area contributed by atoms with E-state index in [2.05, 4.69) is 5.32 Å². The van der Waals surface area contributed by atoms with Crippen molar-refractivity contribution < 1.29 is 74.4 Å². The lowest BCUT2D eigenvalue weighted by Crippen LogP contribution is -2.70. The van der Waals surface area contributed by atoms with Crippen LogP contribution in [-0.4, -0.2) is 68.4 Å². The number of halogens is 14. The molecule has 0 fully saturated rings. The molecular formula is C12H15F14NO3S. The molecule has 19 heteroatoms. The van der Waals surface area contributed by atoms with Crippen LogP contribution in [-0.2, 0) is 10.1 Å². The molecule has 0 aromatic carbocycles. The van der Waals surface area contributed by atoms with Crippen molar-refractivity contribution in [2.45, 2.75) is 60.6 Å². The van der Waals surface area contributed by atoms with Gasteiger partial charge in [0.2, 0.25) is 0 Å². The van der Waals surface area contributed by atoms with Crippen LogP contribution < -0.4 is 5.32 Å². The molecule has 1 atom stereocenters. The first-order valence-corrected chi connectivity index (χ1v) is 8.89. The van der Waals surface area contributed by atoms with Crippen LogP contribution >= 0.6 is 0 Å². The van der Waals surface area contributed by atoms with E-state index in [0.717, 1.165) is 0 Å². The molecule has 0 heterocycles. The molecule has 0 radical (unpaired) electrons. The minimum absolute atomic E-state index is 1.69. The van der Waals surface area contributed by atoms with Gasteiger partial charge in [0, 0.05) is 6.42 Å². The highest BCUT2D eigenvalue weighted by Gasteiger charge is 2.89. The zero-order valence-electron chi connectivity index (χ0n) is 15.2. The fourth-order valence-electron chi connectivity index (χ4n) is 1.61. The molecule has 1 unspecified atom stereocenters. The highest BCUT2D eigenvalue weighted by atomic mass is 32.2. The highest BCUT2D eigenvalue weighted by molar-refractivity contribution is 7.87. The Kier molecular flexibility index (Phi) is 10.1. The summed E-state index contributed by atoms with van der Waals surface area (Å²) in [5.74, 6) is -30.6. The van der Waals surface area contributed by atoms with Crippen molar-refractivity contribution in [3.05, 3.63) is 0 Å². The maximum absolute atomic E-state index is 13.3. The molecule has 0 aromatic rings. The van der Waals surface area contributed by atoms with Gasteiger partial charge in [-0.05, 0) is 26.9 Å². The van der Waals surface area contributed by atoms with Gasteiger partial charge in [-0.2, -0.15) is 65.5 Å². The van der Waals surface area contributed by atoms with Crippen LogP contribution in [0.15, 0.2) is 0 Å². The topological polar surface area (TPSA) is 66.4 Å². The first kappa shape index (κ1) is 32.1. The summed E-state index contributed by atoms with van der Waals surface area (Å²) in [5.41, 5.74) is 0. The normalized spacial score (nSPS) is 15.9. The van der Waals surface area contributed by atoms with Gasteiger partial charge >= 0.3 is 45.2 Å². The number of alkyl halides is 14. The van der Waals surface area contributed by atoms with E-state index in [1.165, 1.54) is 0 Å². The van der Waals surface area contributed by atoms with Crippen molar-refractivity contribution >= 4 is 10.1 Å². The first-order chi connectivity index (χ1) is 13.3. The summed E-state index contributed by atoms with van der Waals surface area (Å²) in [7, 11) is -3.81. The van der Waals surface area contributed by atoms with Gasteiger partial charge in [-0.3, -0.25) is 4.55 Å². The predicted octanol–water partition coefficient (Wildman–Crippen LogP) is 4.91. The SMILES string of the molecule is CNC.O=S(=O)(O)C(F)(F)C(F)(F)C(F)(F)C(F)(F)C(F)(F)C(F)CCCC(F)(F)F. The maximum atomic E-state index is 13.3. The summed E-state index contributed by atoms with van der Waals surface area (Å²) < 4.78 is 208. The van der Waals surface area contributed by atoms with E-state index in [1.807, 2.05) is 14.1 Å². The van der Waals surface area contributed by atoms with E-state index in [-0.39, 0.29) is 0 Å². The Morgan fingerprint density at radius 1 is 0.774 bits per heavy atom. The Morgan fingerprint density at radius 3 is 1.42 bits per heavy atom. The molecular weight excluding hydrogens is 504 g/mol. The average Bonchev–Trinajstić information content (AvgIpc) is 2.52. The number of nitrogens with one attached hydrogen (secondary N) is 1. The molecule has 0 saturated heterocycles. The lowest BCUT2D eigenvalue weighted by molar-refractivity contribution is -0.397. The van der Waals surface area contributed by atoms with Crippen LogP contribution in [0.4, 0.5) is 61.5 Å². The molecule has 4 nitrogen and oxygen atoms in total. The van der Waals surface area contributed by atoms with E-state index in [0.29, 0.717) is 0 Å². The van der Waals surface area contributed by atoms with Gasteiger partial charge < -0.3 is 5.32 Å². The molecule has 0 bridgehead atoms. The minimum atomic E-state index is -7.99. The number of hydrogen-bond donors (Lipinski definition) is 2. The summed E-state index contributed by atoms with van der Waals surface area (Å²) in [4.78, 5) is 0. The summed E-state index contributed by atoms with van der Waals surface area (Å²) in [6, 6.07) is 0. The molecule has 0 aliphatic carbocycles. The summed E-state index contributed by atoms with van der Waals surface area (Å²) in [5, 5.41) is -4.68. The maximum Gasteiger partial charge on any atom is 0.438 e. The first-order valence-electron chi connectivity index (χ1n) is 7.45. The predicted molar refractivity (Wildman–Crippen MR) is 76.1 cm³/mol. The third-order valence-electron chi connectivity index (χ3n) is 3.21. The van der Waals surface area contributed by atoms with E-state index in [1.54, 1.807) is 0 Å². The molecule has 0 aromatic heterocycles. The van der Waals surface area contributed by atoms with Crippen LogP contribution in [0.25, 0.3) is 0 Å². The molecule has 0 aliphatic heterocycles. The van der Waals surface area contributed by atoms with E-state index >= 15 is 0 Å². The third-order valence-corrected chi connectivity index (χ3v) is 4.11. The molecule has 2 N–H and O–H groups in total. The zero-order valence-corrected chi connectivity index (χ0v) is 16.0. The lowest BCUT2D eigenvalue weighted by atomic mass is 9.93. The van der Waals surface area contributed by atoms with Gasteiger partial charge in [0.1, 0.15) is 0 Å². The van der Waals surface area contributed by atoms with Crippen molar-refractivity contribution in [3.8, 4) is 0 Å². The van der Waals surface area contributed by atoms with Gasteiger partial charge in [-0.25, -0.2) is 4.39 Å². The average molecular weight is 519 g/mol. The highest BCUT2D eigenvalue weighted by Crippen LogP contribution is 2.59. The van der Waals surface area contributed by atoms with Crippen molar-refractivity contribution in [1.82, 2.24) is 5.32 Å². The van der Waals surface area contributed by atoms with Gasteiger partial charge in [0.15, 0.2) is 6.17 Å². The van der Waals surface area contributed by atoms with E-state index in [4.69, 9.17) is 4.55 Å². The molecule has 0 saturated carbocycles. The van der Waals surface area contributed by atoms with Gasteiger partial charge in [-0.1, -0.05) is 0 Å². The van der Waals surface area contributed by atoms with Crippen LogP contribution in [0, 0.1) is 0 Å². The standard InChI is InChI=1S/C10H8F14O3S.C2H7N/c11-4(2-1-3-5(12,13)14)6(15,16)7(17,18)8(19,20)9(21,22)10(23,24)28(25,26)27;1-3-2/h4H,1-3H2,(H,25,26,27);3H,1-2H3. The van der Waals surface area contributed by atoms with E-state index in [9.17, 15) is 69.9 Å². The Hall–Kier alpha value is -1.11. The molecule has 0 aliphatic rings. The van der Waals surface area contributed by atoms with Crippen molar-refractivity contribution in [1.29, 1.82) is 0 Å². The zero-order chi connectivity index (χ0) is 25.9. The fourth-order valence-corrected chi connectivity index (χ4v) is 2.06. The van der Waals surface area contributed by atoms with Crippen molar-refractivity contribution in [2.75, 3.05) is 14.1 Å². The van der Waals surface area contributed by atoms with Crippen molar-refractivity contribution in [2.24, 2.45) is 0 Å². The van der Waals surface area contributed by atoms with Crippen LogP contribution in [0.1, 0.15) is 19.3 Å². The molecule has 31 heavy (non-hydrogen) atoms. The monoisotopic (exact) mass is 519 g/mol. The third kappa shape index (κ3) is 6.45. The van der Waals surface area contributed by atoms with Gasteiger partial charge in [0.25, 0.3) is 0 Å². The quantitative estimate of drug-likeness (QED) is 0.336. The second-order valence-electron chi connectivity index (χ2n) is 5.81. The summed E-state index contributed by atoms with van der Waals surface area (Å²) in [6.07, 6.45) is -15.8. The number of rotatable bonds is 9. The lowest BCUT2D eigenvalue weighted by Gasteiger charge is -2.39. The molecule has 0 spiro atoms. The Labute approximate surface area is 165 Å². The molecule has 0 rings (SSSR count). The van der Waals surface area contributed by atoms with Crippen LogP contribution in [0.2, 0.25) is 0 Å². The Morgan fingerprint density at radius 2 is 1.13 bits per heavy atom. The number of hydrogen-bond acceptors (Lipinski definition) is 3. The van der Waals surface area contributed by atoms with Crippen LogP contribution in [0.3, 0.4) is 0 Å². The minimum Gasteiger partial charge on any atom is -0.323 e. The Bertz CT molecular complexity index is 677. The van der Waals surface area contributed by atoms with E-state index < -0.39 is 70.7 Å². The molecule has 190 valence electrons. The summed E-state index contributed by atoms with van der Waals surface area (Å²) >= 11 is 0. The van der Waals surface area contributed by atoms with Gasteiger partial charge in [0.05, 0.1) is 0 Å². The Balaban J connectivity index is 0. The largest absolute Gasteiger partial charge is 0.438 e. The second-order valence-corrected chi connectivity index (χ2v) is 7.28.